The zero-order valence-electron chi connectivity index (χ0n) is 15.4. The Morgan fingerprint density at radius 1 is 1.07 bits per heavy atom. The van der Waals surface area contributed by atoms with Gasteiger partial charge in [0.15, 0.2) is 0 Å². The topological polar surface area (TPSA) is 75.5 Å². The fourth-order valence-corrected chi connectivity index (χ4v) is 3.36. The number of thioether (sulfide) groups is 1. The van der Waals surface area contributed by atoms with Crippen LogP contribution in [0, 0.1) is 6.92 Å². The highest BCUT2D eigenvalue weighted by molar-refractivity contribution is 7.99. The molecule has 0 atom stereocenters. The van der Waals surface area contributed by atoms with Gasteiger partial charge in [-0.25, -0.2) is 4.98 Å². The molecule has 7 heteroatoms. The minimum atomic E-state index is -0.0568. The van der Waals surface area contributed by atoms with Crippen molar-refractivity contribution in [1.29, 1.82) is 0 Å². The van der Waals surface area contributed by atoms with Crippen LogP contribution in [0.5, 0.6) is 0 Å². The van der Waals surface area contributed by atoms with Gasteiger partial charge < -0.3 is 15.0 Å². The van der Waals surface area contributed by atoms with E-state index in [1.165, 1.54) is 17.3 Å². The smallest absolute Gasteiger partial charge is 0.234 e. The maximum Gasteiger partial charge on any atom is 0.234 e. The van der Waals surface area contributed by atoms with E-state index in [4.69, 9.17) is 0 Å². The molecule has 0 spiro atoms. The summed E-state index contributed by atoms with van der Waals surface area (Å²) in [6.07, 6.45) is 4.37. The minimum absolute atomic E-state index is 0.0368. The lowest BCUT2D eigenvalue weighted by molar-refractivity contribution is -0.120. The van der Waals surface area contributed by atoms with Crippen LogP contribution in [0.2, 0.25) is 0 Å². The Bertz CT molecular complexity index is 950. The molecule has 2 amide bonds. The van der Waals surface area contributed by atoms with Gasteiger partial charge in [0.05, 0.1) is 17.9 Å². The summed E-state index contributed by atoms with van der Waals surface area (Å²) in [5, 5.41) is 5.46. The largest absolute Gasteiger partial charge is 0.359 e. The molecule has 0 saturated heterocycles. The van der Waals surface area contributed by atoms with Crippen LogP contribution in [-0.4, -0.2) is 34.0 Å². The monoisotopic (exact) mass is 382 g/mol. The summed E-state index contributed by atoms with van der Waals surface area (Å²) < 4.78 is 2.01. The molecule has 0 aliphatic heterocycles. The van der Waals surface area contributed by atoms with Crippen molar-refractivity contribution in [3.05, 3.63) is 65.6 Å². The molecule has 2 heterocycles. The van der Waals surface area contributed by atoms with Crippen LogP contribution in [0.4, 0.5) is 5.69 Å². The number of carbonyl (C=O) groups excluding carboxylic acids is 2. The third kappa shape index (κ3) is 5.34. The minimum Gasteiger partial charge on any atom is -0.359 e. The Morgan fingerprint density at radius 2 is 1.85 bits per heavy atom. The number of hydrogen-bond donors (Lipinski definition) is 2. The van der Waals surface area contributed by atoms with Crippen molar-refractivity contribution in [1.82, 2.24) is 14.7 Å². The quantitative estimate of drug-likeness (QED) is 0.659. The standard InChI is InChI=1S/C20H22N4O2S/c1-14-3-8-18-22-17(11-24(18)10-14)12-27-13-20(26)23-16-6-4-15(5-7-16)9-19(25)21-2/h3-8,10-11H,9,12-13H2,1-2H3,(H,21,25)(H,23,26). The van der Waals surface area contributed by atoms with Crippen LogP contribution < -0.4 is 10.6 Å². The summed E-state index contributed by atoms with van der Waals surface area (Å²) in [6.45, 7) is 2.04. The first-order valence-electron chi connectivity index (χ1n) is 8.65. The predicted molar refractivity (Wildman–Crippen MR) is 109 cm³/mol. The number of anilines is 1. The number of amides is 2. The molecule has 3 rings (SSSR count). The molecular weight excluding hydrogens is 360 g/mol. The third-order valence-corrected chi connectivity index (χ3v) is 4.98. The van der Waals surface area contributed by atoms with Crippen molar-refractivity contribution >= 4 is 34.9 Å². The number of carbonyl (C=O) groups is 2. The van der Waals surface area contributed by atoms with Gasteiger partial charge in [-0.05, 0) is 36.2 Å². The molecule has 1 aromatic carbocycles. The van der Waals surface area contributed by atoms with Gasteiger partial charge in [0.2, 0.25) is 11.8 Å². The van der Waals surface area contributed by atoms with Crippen LogP contribution in [0.1, 0.15) is 16.8 Å². The number of fused-ring (bicyclic) bond motifs is 1. The Kier molecular flexibility index (Phi) is 6.13. The predicted octanol–water partition coefficient (Wildman–Crippen LogP) is 2.80. The van der Waals surface area contributed by atoms with Gasteiger partial charge in [0, 0.05) is 30.9 Å². The van der Waals surface area contributed by atoms with Crippen LogP contribution in [0.25, 0.3) is 5.65 Å². The molecule has 0 aliphatic rings. The Balaban J connectivity index is 1.47. The molecule has 0 bridgehead atoms. The SMILES string of the molecule is CNC(=O)Cc1ccc(NC(=O)CSCc2cn3cc(C)ccc3n2)cc1. The summed E-state index contributed by atoms with van der Waals surface area (Å²) in [4.78, 5) is 28.0. The maximum atomic E-state index is 12.1. The van der Waals surface area contributed by atoms with Crippen LogP contribution in [0.3, 0.4) is 0 Å². The fraction of sp³-hybridized carbons (Fsp3) is 0.250. The highest BCUT2D eigenvalue weighted by Crippen LogP contribution is 2.15. The molecular formula is C20H22N4O2S. The number of rotatable bonds is 7. The molecule has 3 aromatic rings. The average Bonchev–Trinajstić information content (AvgIpc) is 3.05. The van der Waals surface area contributed by atoms with Gasteiger partial charge in [-0.3, -0.25) is 9.59 Å². The van der Waals surface area contributed by atoms with E-state index >= 15 is 0 Å². The summed E-state index contributed by atoms with van der Waals surface area (Å²) in [6, 6.07) is 11.3. The van der Waals surface area contributed by atoms with E-state index in [9.17, 15) is 9.59 Å². The lowest BCUT2D eigenvalue weighted by Gasteiger charge is -2.06. The lowest BCUT2D eigenvalue weighted by Crippen LogP contribution is -2.20. The number of pyridine rings is 1. The number of imidazole rings is 1. The first-order chi connectivity index (χ1) is 13.0. The molecule has 0 aliphatic carbocycles. The van der Waals surface area contributed by atoms with Gasteiger partial charge in [-0.2, -0.15) is 0 Å². The van der Waals surface area contributed by atoms with Crippen LogP contribution in [-0.2, 0) is 21.8 Å². The second-order valence-electron chi connectivity index (χ2n) is 6.29. The molecule has 140 valence electrons. The van der Waals surface area contributed by atoms with Crippen molar-refractivity contribution in [2.75, 3.05) is 18.1 Å². The van der Waals surface area contributed by atoms with Crippen LogP contribution in [0.15, 0.2) is 48.8 Å². The van der Waals surface area contributed by atoms with E-state index < -0.39 is 0 Å². The average molecular weight is 382 g/mol. The van der Waals surface area contributed by atoms with Gasteiger partial charge in [-0.1, -0.05) is 18.2 Å². The molecule has 2 aromatic heterocycles. The first kappa shape index (κ1) is 19.0. The molecule has 2 N–H and O–H groups in total. The summed E-state index contributed by atoms with van der Waals surface area (Å²) in [5.41, 5.74) is 4.68. The molecule has 6 nitrogen and oxygen atoms in total. The number of likely N-dealkylation sites (N-methyl/N-ethyl adjacent to an activating group) is 1. The Morgan fingerprint density at radius 3 is 2.59 bits per heavy atom. The van der Waals surface area contributed by atoms with E-state index in [1.54, 1.807) is 7.05 Å². The van der Waals surface area contributed by atoms with Crippen molar-refractivity contribution in [2.45, 2.75) is 19.1 Å². The van der Waals surface area contributed by atoms with Gasteiger partial charge in [-0.15, -0.1) is 11.8 Å². The first-order valence-corrected chi connectivity index (χ1v) is 9.80. The Hall–Kier alpha value is -2.80. The molecule has 0 fully saturated rings. The number of benzene rings is 1. The highest BCUT2D eigenvalue weighted by Gasteiger charge is 2.07. The van der Waals surface area contributed by atoms with Gasteiger partial charge in [0.1, 0.15) is 5.65 Å². The van der Waals surface area contributed by atoms with E-state index in [2.05, 4.69) is 15.6 Å². The molecule has 0 saturated carbocycles. The lowest BCUT2D eigenvalue weighted by atomic mass is 10.1. The van der Waals surface area contributed by atoms with Gasteiger partial charge >= 0.3 is 0 Å². The maximum absolute atomic E-state index is 12.1. The second kappa shape index (κ2) is 8.73. The summed E-state index contributed by atoms with van der Waals surface area (Å²) >= 11 is 1.53. The zero-order valence-corrected chi connectivity index (χ0v) is 16.2. The zero-order chi connectivity index (χ0) is 19.2. The molecule has 0 unspecified atom stereocenters. The van der Waals surface area contributed by atoms with Crippen molar-refractivity contribution in [2.24, 2.45) is 0 Å². The van der Waals surface area contributed by atoms with Crippen LogP contribution >= 0.6 is 11.8 Å². The van der Waals surface area contributed by atoms with E-state index in [1.807, 2.05) is 60.1 Å². The molecule has 0 radical (unpaired) electrons. The second-order valence-corrected chi connectivity index (χ2v) is 7.28. The fourth-order valence-electron chi connectivity index (χ4n) is 2.65. The van der Waals surface area contributed by atoms with E-state index in [-0.39, 0.29) is 11.8 Å². The van der Waals surface area contributed by atoms with Crippen molar-refractivity contribution in [3.63, 3.8) is 0 Å². The van der Waals surface area contributed by atoms with Crippen molar-refractivity contribution in [3.8, 4) is 0 Å². The van der Waals surface area contributed by atoms with E-state index in [0.717, 1.165) is 22.6 Å². The summed E-state index contributed by atoms with van der Waals surface area (Å²) in [7, 11) is 1.61. The van der Waals surface area contributed by atoms with Crippen molar-refractivity contribution < 1.29 is 9.59 Å². The number of aryl methyl sites for hydroxylation is 1. The number of hydrogen-bond acceptors (Lipinski definition) is 4. The normalized spacial score (nSPS) is 10.7. The van der Waals surface area contributed by atoms with E-state index in [0.29, 0.717) is 17.9 Å². The molecule has 27 heavy (non-hydrogen) atoms. The number of nitrogens with zero attached hydrogens (tertiary/aromatic N) is 2. The van der Waals surface area contributed by atoms with Gasteiger partial charge in [0.25, 0.3) is 0 Å². The third-order valence-electron chi connectivity index (χ3n) is 4.01. The number of nitrogens with one attached hydrogen (secondary N) is 2. The highest BCUT2D eigenvalue weighted by atomic mass is 32.2. The number of aromatic nitrogens is 2. The Labute approximate surface area is 162 Å². The summed E-state index contributed by atoms with van der Waals surface area (Å²) in [5.74, 6) is 0.940.